The van der Waals surface area contributed by atoms with E-state index in [-0.39, 0.29) is 6.54 Å². The van der Waals surface area contributed by atoms with Gasteiger partial charge in [-0.3, -0.25) is 4.90 Å². The van der Waals surface area contributed by atoms with E-state index in [1.54, 1.807) is 7.05 Å². The average molecular weight is 166 g/mol. The van der Waals surface area contributed by atoms with Crippen molar-refractivity contribution in [1.82, 2.24) is 4.90 Å². The summed E-state index contributed by atoms with van der Waals surface area (Å²) in [4.78, 5) is 1.53. The van der Waals surface area contributed by atoms with Gasteiger partial charge >= 0.3 is 0 Å². The molecule has 2 N–H and O–H groups in total. The molecule has 4 heteroatoms. The molecule has 11 heavy (non-hydrogen) atoms. The van der Waals surface area contributed by atoms with E-state index in [0.29, 0.717) is 6.54 Å². The molecule has 1 saturated heterocycles. The summed E-state index contributed by atoms with van der Waals surface area (Å²) in [7, 11) is 1.64. The van der Waals surface area contributed by atoms with Crippen LogP contribution in [0.3, 0.4) is 0 Å². The van der Waals surface area contributed by atoms with Crippen molar-refractivity contribution < 1.29 is 8.78 Å². The predicted molar refractivity (Wildman–Crippen MR) is 41.8 cm³/mol. The Labute approximate surface area is 66.4 Å². The molecule has 68 valence electrons. The molecule has 0 radical (unpaired) electrons. The second kappa shape index (κ2) is 3.97. The Kier molecular flexibility index (Phi) is 3.89. The van der Waals surface area contributed by atoms with E-state index in [4.69, 9.17) is 5.73 Å². The molecule has 0 spiro atoms. The van der Waals surface area contributed by atoms with Gasteiger partial charge in [0.15, 0.2) is 0 Å². The highest BCUT2D eigenvalue weighted by molar-refractivity contribution is 4.91. The lowest BCUT2D eigenvalue weighted by molar-refractivity contribution is 0.000960. The summed E-state index contributed by atoms with van der Waals surface area (Å²) >= 11 is 0. The van der Waals surface area contributed by atoms with Gasteiger partial charge in [0.2, 0.25) is 0 Å². The van der Waals surface area contributed by atoms with Gasteiger partial charge in [-0.25, -0.2) is 8.78 Å². The fraction of sp³-hybridized carbons (Fsp3) is 1.00. The summed E-state index contributed by atoms with van der Waals surface area (Å²) in [5.74, 6) is -2.67. The molecule has 0 amide bonds. The molecule has 1 unspecified atom stereocenters. The van der Waals surface area contributed by atoms with E-state index in [1.807, 2.05) is 13.8 Å². The second-order valence-electron chi connectivity index (χ2n) is 2.56. The van der Waals surface area contributed by atoms with E-state index in [1.165, 1.54) is 4.90 Å². The molecule has 1 rings (SSSR count). The molecule has 0 aromatic carbocycles. The van der Waals surface area contributed by atoms with Gasteiger partial charge in [0.05, 0.1) is 12.6 Å². The molecule has 0 bridgehead atoms. The highest BCUT2D eigenvalue weighted by Crippen LogP contribution is 2.24. The van der Waals surface area contributed by atoms with Crippen LogP contribution in [0.1, 0.15) is 13.8 Å². The van der Waals surface area contributed by atoms with Gasteiger partial charge in [-0.15, -0.1) is 0 Å². The second-order valence-corrected chi connectivity index (χ2v) is 2.56. The molecule has 1 fully saturated rings. The van der Waals surface area contributed by atoms with Gasteiger partial charge in [0, 0.05) is 6.54 Å². The lowest BCUT2D eigenvalue weighted by Gasteiger charge is -2.11. The monoisotopic (exact) mass is 166 g/mol. The smallest absolute Gasteiger partial charge is 0.276 e. The number of hydrogen-bond acceptors (Lipinski definition) is 2. The largest absolute Gasteiger partial charge is 0.322 e. The van der Waals surface area contributed by atoms with Crippen molar-refractivity contribution in [1.29, 1.82) is 0 Å². The number of halogens is 2. The summed E-state index contributed by atoms with van der Waals surface area (Å²) in [6.45, 7) is 4.10. The number of likely N-dealkylation sites (tertiary alicyclic amines) is 1. The van der Waals surface area contributed by atoms with Crippen molar-refractivity contribution in [3.8, 4) is 0 Å². The van der Waals surface area contributed by atoms with Crippen molar-refractivity contribution in [3.05, 3.63) is 0 Å². The lowest BCUT2D eigenvalue weighted by atomic mass is 10.2. The molecule has 1 heterocycles. The van der Waals surface area contributed by atoms with Crippen LogP contribution < -0.4 is 5.73 Å². The molecule has 1 aliphatic heterocycles. The number of hydrogen-bond donors (Lipinski definition) is 1. The number of alkyl halides is 2. The first-order valence-electron chi connectivity index (χ1n) is 3.84. The van der Waals surface area contributed by atoms with Gasteiger partial charge in [-0.1, -0.05) is 13.8 Å². The number of likely N-dealkylation sites (N-methyl/N-ethyl adjacent to an activating group) is 1. The first-order valence-corrected chi connectivity index (χ1v) is 3.84. The molecule has 1 aliphatic rings. The molecule has 1 atom stereocenters. The summed E-state index contributed by atoms with van der Waals surface area (Å²) in [6, 6.07) is -0.970. The summed E-state index contributed by atoms with van der Waals surface area (Å²) < 4.78 is 24.8. The molecule has 0 aromatic rings. The summed E-state index contributed by atoms with van der Waals surface area (Å²) in [5, 5.41) is 0. The van der Waals surface area contributed by atoms with E-state index >= 15 is 0 Å². The van der Waals surface area contributed by atoms with Crippen molar-refractivity contribution in [2.45, 2.75) is 25.8 Å². The third kappa shape index (κ3) is 2.71. The van der Waals surface area contributed by atoms with Crippen molar-refractivity contribution in [2.75, 3.05) is 20.1 Å². The van der Waals surface area contributed by atoms with Crippen LogP contribution in [0.2, 0.25) is 0 Å². The Morgan fingerprint density at radius 1 is 1.45 bits per heavy atom. The zero-order valence-electron chi connectivity index (χ0n) is 7.27. The first kappa shape index (κ1) is 10.8. The van der Waals surface area contributed by atoms with Crippen LogP contribution in [0.4, 0.5) is 8.78 Å². The zero-order valence-corrected chi connectivity index (χ0v) is 7.27. The van der Waals surface area contributed by atoms with E-state index in [2.05, 4.69) is 0 Å². The van der Waals surface area contributed by atoms with Gasteiger partial charge in [0.25, 0.3) is 5.92 Å². The van der Waals surface area contributed by atoms with Crippen LogP contribution >= 0.6 is 0 Å². The predicted octanol–water partition coefficient (Wildman–Crippen LogP) is 0.921. The third-order valence-electron chi connectivity index (χ3n) is 1.53. The van der Waals surface area contributed by atoms with Crippen LogP contribution in [0, 0.1) is 0 Å². The Balaban J connectivity index is 0.000000461. The lowest BCUT2D eigenvalue weighted by Crippen LogP contribution is -2.38. The molecule has 0 aromatic heterocycles. The maximum Gasteiger partial charge on any atom is 0.276 e. The summed E-state index contributed by atoms with van der Waals surface area (Å²) in [5.41, 5.74) is 5.11. The highest BCUT2D eigenvalue weighted by atomic mass is 19.3. The minimum absolute atomic E-state index is 0.200. The van der Waals surface area contributed by atoms with E-state index in [9.17, 15) is 8.78 Å². The molecular weight excluding hydrogens is 150 g/mol. The van der Waals surface area contributed by atoms with Crippen LogP contribution in [0.5, 0.6) is 0 Å². The Hall–Kier alpha value is -0.220. The number of rotatable bonds is 0. The van der Waals surface area contributed by atoms with Crippen LogP contribution in [0.25, 0.3) is 0 Å². The quantitative estimate of drug-likeness (QED) is 0.580. The van der Waals surface area contributed by atoms with Gasteiger partial charge in [-0.05, 0) is 7.05 Å². The van der Waals surface area contributed by atoms with Gasteiger partial charge < -0.3 is 5.73 Å². The van der Waals surface area contributed by atoms with Crippen LogP contribution in [0.15, 0.2) is 0 Å². The standard InChI is InChI=1S/C5H10F2N2.C2H6/c1-9-2-4(8)5(6,7)3-9;1-2/h4H,2-3,8H2,1H3;1-2H3. The van der Waals surface area contributed by atoms with Crippen LogP contribution in [-0.4, -0.2) is 37.0 Å². The van der Waals surface area contributed by atoms with Gasteiger partial charge in [0.1, 0.15) is 0 Å². The SMILES string of the molecule is CC.CN1CC(N)C(F)(F)C1. The topological polar surface area (TPSA) is 29.3 Å². The van der Waals surface area contributed by atoms with Crippen molar-refractivity contribution >= 4 is 0 Å². The third-order valence-corrected chi connectivity index (χ3v) is 1.53. The molecule has 2 nitrogen and oxygen atoms in total. The Morgan fingerprint density at radius 2 is 1.91 bits per heavy atom. The minimum atomic E-state index is -2.67. The van der Waals surface area contributed by atoms with Crippen molar-refractivity contribution in [2.24, 2.45) is 5.73 Å². The first-order chi connectivity index (χ1) is 5.02. The zero-order chi connectivity index (χ0) is 9.07. The highest BCUT2D eigenvalue weighted by Gasteiger charge is 2.44. The molecule has 0 aliphatic carbocycles. The van der Waals surface area contributed by atoms with Gasteiger partial charge in [-0.2, -0.15) is 0 Å². The van der Waals surface area contributed by atoms with E-state index < -0.39 is 12.0 Å². The van der Waals surface area contributed by atoms with Crippen LogP contribution in [-0.2, 0) is 0 Å². The molecule has 0 saturated carbocycles. The fourth-order valence-corrected chi connectivity index (χ4v) is 1.01. The average Bonchev–Trinajstić information content (AvgIpc) is 2.10. The maximum absolute atomic E-state index is 12.4. The minimum Gasteiger partial charge on any atom is -0.322 e. The normalized spacial score (nSPS) is 29.5. The number of nitrogens with zero attached hydrogens (tertiary/aromatic N) is 1. The summed E-state index contributed by atoms with van der Waals surface area (Å²) in [6.07, 6.45) is 0. The van der Waals surface area contributed by atoms with E-state index in [0.717, 1.165) is 0 Å². The fourth-order valence-electron chi connectivity index (χ4n) is 1.01. The maximum atomic E-state index is 12.4. The Bertz CT molecular complexity index is 117. The number of nitrogens with two attached hydrogens (primary N) is 1. The van der Waals surface area contributed by atoms with Crippen molar-refractivity contribution in [3.63, 3.8) is 0 Å². The Morgan fingerprint density at radius 3 is 2.00 bits per heavy atom. The molecular formula is C7H16F2N2.